The van der Waals surface area contributed by atoms with Crippen LogP contribution in [0.1, 0.15) is 107 Å². The minimum atomic E-state index is -1.33. The quantitative estimate of drug-likeness (QED) is 0.0357. The highest BCUT2D eigenvalue weighted by Crippen LogP contribution is 2.63. The van der Waals surface area contributed by atoms with Crippen LogP contribution in [0.3, 0.4) is 0 Å². The molecule has 4 heterocycles. The molecule has 398 valence electrons. The Hall–Kier alpha value is -8.03. The molecule has 0 radical (unpaired) electrons. The van der Waals surface area contributed by atoms with Crippen molar-refractivity contribution in [3.8, 4) is 17.2 Å². The van der Waals surface area contributed by atoms with E-state index in [0.29, 0.717) is 58.7 Å². The van der Waals surface area contributed by atoms with Gasteiger partial charge in [0.25, 0.3) is 11.8 Å². The summed E-state index contributed by atoms with van der Waals surface area (Å²) in [4.78, 5) is 94.6. The summed E-state index contributed by atoms with van der Waals surface area (Å²) in [5.74, 6) is -3.69. The molecule has 0 aromatic heterocycles. The first-order valence-corrected chi connectivity index (χ1v) is 26.0. The third-order valence-corrected chi connectivity index (χ3v) is 15.8. The summed E-state index contributed by atoms with van der Waals surface area (Å²) in [5.41, 5.74) is 2.69. The Morgan fingerprint density at radius 1 is 0.883 bits per heavy atom. The van der Waals surface area contributed by atoms with Crippen molar-refractivity contribution in [3.05, 3.63) is 135 Å². The third kappa shape index (κ3) is 9.66. The number of aryl methyl sites for hydroxylation is 1. The van der Waals surface area contributed by atoms with Gasteiger partial charge in [0.15, 0.2) is 17.3 Å². The molecule has 2 spiro atoms. The Kier molecular flexibility index (Phi) is 14.7. The molecule has 5 aliphatic rings. The van der Waals surface area contributed by atoms with Crippen LogP contribution < -0.4 is 40.8 Å². The van der Waals surface area contributed by atoms with Gasteiger partial charge in [0.05, 0.1) is 36.7 Å². The molecular weight excluding hydrogens is 1010 g/mol. The number of imide groups is 1. The highest BCUT2D eigenvalue weighted by atomic mass is 35.5. The van der Waals surface area contributed by atoms with Crippen molar-refractivity contribution in [2.75, 3.05) is 38.0 Å². The van der Waals surface area contributed by atoms with Crippen LogP contribution >= 0.6 is 11.6 Å². The van der Waals surface area contributed by atoms with E-state index in [1.54, 1.807) is 66.7 Å². The van der Waals surface area contributed by atoms with Crippen molar-refractivity contribution in [1.29, 1.82) is 0 Å². The number of fused-ring (bicyclic) bond motifs is 4. The number of ketones is 1. The highest BCUT2D eigenvalue weighted by Gasteiger charge is 2.72. The lowest BCUT2D eigenvalue weighted by Gasteiger charge is -2.47. The zero-order chi connectivity index (χ0) is 54.2. The van der Waals surface area contributed by atoms with Gasteiger partial charge in [-0.25, -0.2) is 4.39 Å². The second-order valence-corrected chi connectivity index (χ2v) is 20.4. The Morgan fingerprint density at radius 3 is 2.35 bits per heavy atom. The number of nitrogens with zero attached hydrogens (tertiary/aromatic N) is 3. The number of carbonyl (C=O) groups is 7. The number of carbonyl (C=O) groups excluding carboxylic acids is 7. The molecule has 0 bridgehead atoms. The SMILES string of the molecule is COc1cc(N=Nc2cccc3c2CN(C2CCC(=O)NC2=O)C3=O)cc(OC)c1OCC(=O)CCCNC(=O)c1ccc(NC(=O)[C@@H]2NC3(CCCCC3)[C@]3(C(=O)Nc4cc(C)ccc43)[C@H]2c2cccc(Cl)c2F)cc1. The number of Topliss-reactive ketones (excluding diaryl/α,β-unsaturated/α-hetero) is 1. The molecule has 77 heavy (non-hydrogen) atoms. The number of anilines is 2. The summed E-state index contributed by atoms with van der Waals surface area (Å²) in [5, 5.41) is 23.5. The van der Waals surface area contributed by atoms with Crippen LogP contribution in [-0.2, 0) is 35.9 Å². The summed E-state index contributed by atoms with van der Waals surface area (Å²) in [7, 11) is 2.84. The number of hydrogen-bond donors (Lipinski definition) is 5. The van der Waals surface area contributed by atoms with E-state index in [9.17, 15) is 33.6 Å². The zero-order valence-electron chi connectivity index (χ0n) is 42.6. The van der Waals surface area contributed by atoms with Crippen molar-refractivity contribution in [1.82, 2.24) is 20.9 Å². The van der Waals surface area contributed by atoms with Gasteiger partial charge in [-0.3, -0.25) is 44.2 Å². The molecule has 5 N–H and O–H groups in total. The van der Waals surface area contributed by atoms with Crippen LogP contribution in [0.4, 0.5) is 27.1 Å². The summed E-state index contributed by atoms with van der Waals surface area (Å²) in [6, 6.07) is 23.1. The molecule has 5 aromatic carbocycles. The van der Waals surface area contributed by atoms with Crippen molar-refractivity contribution in [2.45, 2.75) is 100 Å². The summed E-state index contributed by atoms with van der Waals surface area (Å²) in [6.07, 6.45) is 4.55. The van der Waals surface area contributed by atoms with E-state index < -0.39 is 52.5 Å². The molecule has 5 aromatic rings. The number of ether oxygens (including phenoxy) is 3. The van der Waals surface area contributed by atoms with Gasteiger partial charge >= 0.3 is 0 Å². The van der Waals surface area contributed by atoms with Gasteiger partial charge in [-0.05, 0) is 97.8 Å². The predicted molar refractivity (Wildman–Crippen MR) is 282 cm³/mol. The van der Waals surface area contributed by atoms with Gasteiger partial charge in [-0.1, -0.05) is 61.2 Å². The number of nitrogens with one attached hydrogen (secondary N) is 5. The Bertz CT molecular complexity index is 3250. The number of rotatable bonds is 16. The normalized spacial score (nSPS) is 21.2. The van der Waals surface area contributed by atoms with Gasteiger partial charge in [0.1, 0.15) is 23.9 Å². The average Bonchev–Trinajstić information content (AvgIpc) is 4.03. The zero-order valence-corrected chi connectivity index (χ0v) is 43.3. The molecule has 2 saturated heterocycles. The minimum Gasteiger partial charge on any atom is -0.493 e. The number of piperidine rings is 1. The van der Waals surface area contributed by atoms with Crippen molar-refractivity contribution >= 4 is 75.6 Å². The number of halogens is 2. The largest absolute Gasteiger partial charge is 0.493 e. The van der Waals surface area contributed by atoms with Gasteiger partial charge in [0.2, 0.25) is 29.4 Å². The number of methoxy groups -OCH3 is 2. The van der Waals surface area contributed by atoms with Gasteiger partial charge in [-0.15, -0.1) is 0 Å². The fourth-order valence-corrected chi connectivity index (χ4v) is 12.1. The van der Waals surface area contributed by atoms with E-state index in [1.165, 1.54) is 25.2 Å². The maximum absolute atomic E-state index is 16.3. The van der Waals surface area contributed by atoms with Crippen LogP contribution in [0.5, 0.6) is 17.2 Å². The van der Waals surface area contributed by atoms with Crippen LogP contribution in [0.15, 0.2) is 101 Å². The van der Waals surface area contributed by atoms with E-state index in [1.807, 2.05) is 25.1 Å². The summed E-state index contributed by atoms with van der Waals surface area (Å²) >= 11 is 6.40. The van der Waals surface area contributed by atoms with Gasteiger partial charge in [-0.2, -0.15) is 10.2 Å². The lowest BCUT2D eigenvalue weighted by molar-refractivity contribution is -0.137. The first-order valence-electron chi connectivity index (χ1n) is 25.6. The highest BCUT2D eigenvalue weighted by molar-refractivity contribution is 6.30. The molecule has 18 nitrogen and oxygen atoms in total. The molecule has 20 heteroatoms. The molecule has 4 atom stereocenters. The monoisotopic (exact) mass is 1070 g/mol. The number of benzene rings is 5. The molecule has 1 saturated carbocycles. The van der Waals surface area contributed by atoms with E-state index in [0.717, 1.165) is 30.4 Å². The topological polar surface area (TPSA) is 235 Å². The fourth-order valence-electron chi connectivity index (χ4n) is 11.9. The standard InChI is InChI=1S/C57H56ClFN8O10/c1-31-15-20-39-42(26-31)62-55(74)57(39)47(37-12-7-13-40(58)48(37)59)49(64-56(57)23-5-4-6-24-56)53(72)61-33-18-16-32(17-19-33)51(70)60-25-9-10-35(68)30-77-50-44(75-2)27-34(28-45(50)76-3)65-66-41-14-8-11-36-38(41)29-67(54(36)73)43-21-22-46(69)63-52(43)71/h7-8,11-20,26-28,43,47,49,64H,4-6,9-10,21-25,29-30H2,1-3H3,(H,60,70)(H,61,72)(H,62,74)(H,63,69,71)/t43?,47-,49+,57-/m0/s1. The maximum Gasteiger partial charge on any atom is 0.255 e. The summed E-state index contributed by atoms with van der Waals surface area (Å²) < 4.78 is 33.4. The predicted octanol–water partition coefficient (Wildman–Crippen LogP) is 8.43. The smallest absolute Gasteiger partial charge is 0.255 e. The molecular formula is C57H56ClFN8O10. The first kappa shape index (κ1) is 52.4. The molecule has 1 unspecified atom stereocenters. The lowest BCUT2D eigenvalue weighted by Crippen LogP contribution is -2.60. The van der Waals surface area contributed by atoms with Crippen LogP contribution in [-0.4, -0.2) is 91.1 Å². The first-order chi connectivity index (χ1) is 37.2. The molecule has 4 aliphatic heterocycles. The Morgan fingerprint density at radius 2 is 1.62 bits per heavy atom. The third-order valence-electron chi connectivity index (χ3n) is 15.5. The van der Waals surface area contributed by atoms with Gasteiger partial charge in [0, 0.05) is 77.6 Å². The second kappa shape index (κ2) is 21.5. The van der Waals surface area contributed by atoms with Crippen molar-refractivity contribution in [3.63, 3.8) is 0 Å². The lowest BCUT2D eigenvalue weighted by atomic mass is 9.55. The fraction of sp³-hybridized carbons (Fsp3) is 0.351. The van der Waals surface area contributed by atoms with Gasteiger partial charge < -0.3 is 35.1 Å². The van der Waals surface area contributed by atoms with Crippen LogP contribution in [0.25, 0.3) is 0 Å². The number of hydrogen-bond acceptors (Lipinski definition) is 13. The molecule has 10 rings (SSSR count). The van der Waals surface area contributed by atoms with Crippen molar-refractivity contribution in [2.24, 2.45) is 10.2 Å². The Balaban J connectivity index is 0.744. The maximum atomic E-state index is 16.3. The summed E-state index contributed by atoms with van der Waals surface area (Å²) in [6.45, 7) is 1.91. The molecule has 6 amide bonds. The van der Waals surface area contributed by atoms with Crippen LogP contribution in [0.2, 0.25) is 5.02 Å². The average molecular weight is 1070 g/mol. The number of azo groups is 1. The van der Waals surface area contributed by atoms with E-state index in [-0.39, 0.29) is 90.3 Å². The van der Waals surface area contributed by atoms with E-state index in [2.05, 4.69) is 36.8 Å². The molecule has 1 aliphatic carbocycles. The number of amides is 6. The van der Waals surface area contributed by atoms with Crippen molar-refractivity contribution < 1.29 is 52.2 Å². The Labute approximate surface area is 447 Å². The molecule has 3 fully saturated rings. The van der Waals surface area contributed by atoms with E-state index >= 15 is 4.39 Å². The minimum absolute atomic E-state index is 0.0811. The second-order valence-electron chi connectivity index (χ2n) is 20.0. The van der Waals surface area contributed by atoms with E-state index in [4.69, 9.17) is 25.8 Å². The van der Waals surface area contributed by atoms with Crippen LogP contribution in [0, 0.1) is 12.7 Å².